The summed E-state index contributed by atoms with van der Waals surface area (Å²) in [5, 5.41) is 8.54. The third kappa shape index (κ3) is 2.55. The van der Waals surface area contributed by atoms with Crippen LogP contribution in [0.1, 0.15) is 0 Å². The van der Waals surface area contributed by atoms with Gasteiger partial charge in [-0.3, -0.25) is 0 Å². The highest BCUT2D eigenvalue weighted by atomic mass is 32.2. The lowest BCUT2D eigenvalue weighted by Crippen LogP contribution is -2.31. The summed E-state index contributed by atoms with van der Waals surface area (Å²) >= 11 is 0. The first-order chi connectivity index (χ1) is 8.66. The molecule has 0 aliphatic rings. The van der Waals surface area contributed by atoms with Crippen LogP contribution in [-0.2, 0) is 10.0 Å². The molecule has 0 amide bonds. The number of aliphatic hydroxyl groups is 1. The first kappa shape index (κ1) is 15.8. The zero-order valence-electron chi connectivity index (χ0n) is 9.42. The van der Waals surface area contributed by atoms with Crippen LogP contribution < -0.4 is 0 Å². The fraction of sp³-hybridized carbons (Fsp3) is 0.333. The summed E-state index contributed by atoms with van der Waals surface area (Å²) in [5.41, 5.74) is 0. The van der Waals surface area contributed by atoms with Crippen molar-refractivity contribution in [3.8, 4) is 0 Å². The lowest BCUT2D eigenvalue weighted by atomic mass is 10.3. The van der Waals surface area contributed by atoms with Crippen LogP contribution in [0.25, 0.3) is 0 Å². The Kier molecular flexibility index (Phi) is 4.48. The molecule has 0 radical (unpaired) electrons. The Bertz CT molecular complexity index is 575. The molecule has 0 saturated heterocycles. The standard InChI is InChI=1S/C9H8F5NO3S/c1-15(2-3-16)19(17,18)9-7(13)5(11)4(10)6(12)8(9)14/h16H,2-3H2,1H3. The Labute approximate surface area is 105 Å². The quantitative estimate of drug-likeness (QED) is 0.513. The summed E-state index contributed by atoms with van der Waals surface area (Å²) in [4.78, 5) is -1.94. The van der Waals surface area contributed by atoms with Crippen molar-refractivity contribution in [2.75, 3.05) is 20.2 Å². The van der Waals surface area contributed by atoms with Gasteiger partial charge in [0.15, 0.2) is 28.2 Å². The van der Waals surface area contributed by atoms with E-state index in [4.69, 9.17) is 5.11 Å². The molecule has 0 unspecified atom stereocenters. The SMILES string of the molecule is CN(CCO)S(=O)(=O)c1c(F)c(F)c(F)c(F)c1F. The molecule has 0 aliphatic heterocycles. The van der Waals surface area contributed by atoms with Gasteiger partial charge in [0.05, 0.1) is 6.61 Å². The van der Waals surface area contributed by atoms with Crippen LogP contribution in [0.5, 0.6) is 0 Å². The maximum Gasteiger partial charge on any atom is 0.248 e. The van der Waals surface area contributed by atoms with E-state index in [1.165, 1.54) is 0 Å². The second-order valence-corrected chi connectivity index (χ2v) is 5.43. The van der Waals surface area contributed by atoms with Gasteiger partial charge in [0, 0.05) is 13.6 Å². The number of sulfonamides is 1. The van der Waals surface area contributed by atoms with Gasteiger partial charge in [0.25, 0.3) is 0 Å². The lowest BCUT2D eigenvalue weighted by Gasteiger charge is -2.17. The molecule has 4 nitrogen and oxygen atoms in total. The number of benzene rings is 1. The summed E-state index contributed by atoms with van der Waals surface area (Å²) in [6.07, 6.45) is 0. The molecule has 0 saturated carbocycles. The van der Waals surface area contributed by atoms with Gasteiger partial charge in [-0.2, -0.15) is 4.31 Å². The zero-order chi connectivity index (χ0) is 15.0. The molecule has 1 aromatic carbocycles. The highest BCUT2D eigenvalue weighted by molar-refractivity contribution is 7.89. The van der Waals surface area contributed by atoms with Gasteiger partial charge < -0.3 is 5.11 Å². The third-order valence-corrected chi connectivity index (χ3v) is 4.13. The van der Waals surface area contributed by atoms with E-state index in [2.05, 4.69) is 0 Å². The molecule has 1 aromatic rings. The summed E-state index contributed by atoms with van der Waals surface area (Å²) in [6.45, 7) is -1.26. The first-order valence-electron chi connectivity index (χ1n) is 4.74. The number of halogens is 5. The molecule has 0 bridgehead atoms. The average molecular weight is 305 g/mol. The Morgan fingerprint density at radius 1 is 0.947 bits per heavy atom. The highest BCUT2D eigenvalue weighted by Gasteiger charge is 2.35. The van der Waals surface area contributed by atoms with Crippen molar-refractivity contribution in [3.63, 3.8) is 0 Å². The van der Waals surface area contributed by atoms with Crippen LogP contribution in [0.3, 0.4) is 0 Å². The number of likely N-dealkylation sites (N-methyl/N-ethyl adjacent to an activating group) is 1. The van der Waals surface area contributed by atoms with Gasteiger partial charge in [-0.1, -0.05) is 0 Å². The molecule has 0 atom stereocenters. The summed E-state index contributed by atoms with van der Waals surface area (Å²) in [7, 11) is -4.12. The van der Waals surface area contributed by atoms with E-state index in [9.17, 15) is 30.4 Å². The van der Waals surface area contributed by atoms with Gasteiger partial charge in [-0.15, -0.1) is 0 Å². The Morgan fingerprint density at radius 2 is 1.32 bits per heavy atom. The van der Waals surface area contributed by atoms with Crippen molar-refractivity contribution in [1.29, 1.82) is 0 Å². The summed E-state index contributed by atoms with van der Waals surface area (Å²) in [5.74, 6) is -12.0. The van der Waals surface area contributed by atoms with E-state index < -0.39 is 57.2 Å². The molecule has 1 rings (SSSR count). The van der Waals surface area contributed by atoms with Crippen LogP contribution >= 0.6 is 0 Å². The smallest absolute Gasteiger partial charge is 0.248 e. The number of nitrogens with zero attached hydrogens (tertiary/aromatic N) is 1. The summed E-state index contributed by atoms with van der Waals surface area (Å²) in [6, 6.07) is 0. The first-order valence-corrected chi connectivity index (χ1v) is 6.18. The predicted octanol–water partition coefficient (Wildman–Crippen LogP) is 0.995. The third-order valence-electron chi connectivity index (χ3n) is 2.25. The predicted molar refractivity (Wildman–Crippen MR) is 53.1 cm³/mol. The number of rotatable bonds is 4. The second-order valence-electron chi connectivity index (χ2n) is 3.45. The molecule has 108 valence electrons. The van der Waals surface area contributed by atoms with E-state index in [1.54, 1.807) is 0 Å². The Morgan fingerprint density at radius 3 is 1.68 bits per heavy atom. The van der Waals surface area contributed by atoms with Gasteiger partial charge in [-0.05, 0) is 0 Å². The van der Waals surface area contributed by atoms with Crippen molar-refractivity contribution in [1.82, 2.24) is 4.31 Å². The van der Waals surface area contributed by atoms with Crippen molar-refractivity contribution < 1.29 is 35.5 Å². The van der Waals surface area contributed by atoms with Gasteiger partial charge in [0.2, 0.25) is 15.8 Å². The number of aliphatic hydroxyl groups excluding tert-OH is 1. The monoisotopic (exact) mass is 305 g/mol. The maximum absolute atomic E-state index is 13.3. The van der Waals surface area contributed by atoms with Crippen molar-refractivity contribution >= 4 is 10.0 Å². The number of hydrogen-bond donors (Lipinski definition) is 1. The molecule has 0 heterocycles. The maximum atomic E-state index is 13.3. The van der Waals surface area contributed by atoms with E-state index in [-0.39, 0.29) is 4.31 Å². The van der Waals surface area contributed by atoms with Crippen LogP contribution in [0.15, 0.2) is 4.90 Å². The molecule has 0 fully saturated rings. The van der Waals surface area contributed by atoms with E-state index in [1.807, 2.05) is 0 Å². The van der Waals surface area contributed by atoms with Gasteiger partial charge in [-0.25, -0.2) is 30.4 Å². The van der Waals surface area contributed by atoms with Crippen LogP contribution in [0.4, 0.5) is 22.0 Å². The molecule has 1 N–H and O–H groups in total. The minimum absolute atomic E-state index is 0.269. The van der Waals surface area contributed by atoms with Crippen LogP contribution in [0.2, 0.25) is 0 Å². The molecular formula is C9H8F5NO3S. The minimum atomic E-state index is -4.95. The molecule has 19 heavy (non-hydrogen) atoms. The second kappa shape index (κ2) is 5.39. The van der Waals surface area contributed by atoms with Crippen LogP contribution in [-0.4, -0.2) is 38.0 Å². The average Bonchev–Trinajstić information content (AvgIpc) is 2.34. The minimum Gasteiger partial charge on any atom is -0.395 e. The van der Waals surface area contributed by atoms with Crippen molar-refractivity contribution in [3.05, 3.63) is 29.1 Å². The van der Waals surface area contributed by atoms with Gasteiger partial charge >= 0.3 is 0 Å². The van der Waals surface area contributed by atoms with Crippen LogP contribution in [0, 0.1) is 29.1 Å². The molecule has 0 spiro atoms. The zero-order valence-corrected chi connectivity index (χ0v) is 10.2. The normalized spacial score (nSPS) is 12.2. The Balaban J connectivity index is 3.61. The largest absolute Gasteiger partial charge is 0.395 e. The molecular weight excluding hydrogens is 297 g/mol. The van der Waals surface area contributed by atoms with Gasteiger partial charge in [0.1, 0.15) is 0 Å². The van der Waals surface area contributed by atoms with E-state index >= 15 is 0 Å². The number of hydrogen-bond acceptors (Lipinski definition) is 3. The lowest BCUT2D eigenvalue weighted by molar-refractivity contribution is 0.265. The Hall–Kier alpha value is -1.26. The molecule has 0 aliphatic carbocycles. The van der Waals surface area contributed by atoms with E-state index in [0.717, 1.165) is 7.05 Å². The highest BCUT2D eigenvalue weighted by Crippen LogP contribution is 2.28. The fourth-order valence-corrected chi connectivity index (χ4v) is 2.49. The topological polar surface area (TPSA) is 57.6 Å². The van der Waals surface area contributed by atoms with E-state index in [0.29, 0.717) is 0 Å². The van der Waals surface area contributed by atoms with Crippen molar-refractivity contribution in [2.45, 2.75) is 4.90 Å². The van der Waals surface area contributed by atoms with Crippen molar-refractivity contribution in [2.24, 2.45) is 0 Å². The fourth-order valence-electron chi connectivity index (χ4n) is 1.23. The molecule has 0 aromatic heterocycles. The summed E-state index contributed by atoms with van der Waals surface area (Å²) < 4.78 is 88.7. The molecule has 10 heteroatoms.